The fourth-order valence-corrected chi connectivity index (χ4v) is 5.18. The summed E-state index contributed by atoms with van der Waals surface area (Å²) in [5.74, 6) is -1.90. The Morgan fingerprint density at radius 1 is 1.10 bits per heavy atom. The molecule has 0 aliphatic heterocycles. The predicted octanol–water partition coefficient (Wildman–Crippen LogP) is 4.50. The molecule has 1 amide bonds. The molecular weight excluding hydrogens is 434 g/mol. The summed E-state index contributed by atoms with van der Waals surface area (Å²) >= 11 is 0.908. The van der Waals surface area contributed by atoms with Crippen LogP contribution in [0, 0.1) is 11.6 Å². The van der Waals surface area contributed by atoms with Crippen LogP contribution in [0.25, 0.3) is 0 Å². The van der Waals surface area contributed by atoms with Gasteiger partial charge in [-0.2, -0.15) is 0 Å². The normalized spacial score (nSPS) is 11.2. The van der Waals surface area contributed by atoms with Crippen molar-refractivity contribution < 1.29 is 26.7 Å². The molecule has 1 N–H and O–H groups in total. The van der Waals surface area contributed by atoms with Crippen LogP contribution < -0.4 is 14.4 Å². The molecule has 0 saturated heterocycles. The van der Waals surface area contributed by atoms with E-state index in [4.69, 9.17) is 4.74 Å². The molecule has 3 aromatic rings. The van der Waals surface area contributed by atoms with Crippen LogP contribution in [0.3, 0.4) is 0 Å². The van der Waals surface area contributed by atoms with Crippen LogP contribution in [-0.2, 0) is 10.0 Å². The molecule has 0 aliphatic carbocycles. The molecule has 30 heavy (non-hydrogen) atoms. The van der Waals surface area contributed by atoms with E-state index in [0.29, 0.717) is 24.1 Å². The number of nitrogens with zero attached hydrogens (tertiary/aromatic N) is 1. The molecular formula is C20H18F2N2O4S2. The lowest BCUT2D eigenvalue weighted by Gasteiger charge is -2.20. The maximum Gasteiger partial charge on any atom is 0.267 e. The topological polar surface area (TPSA) is 75.7 Å². The summed E-state index contributed by atoms with van der Waals surface area (Å²) < 4.78 is 59.3. The molecule has 0 saturated carbocycles. The van der Waals surface area contributed by atoms with Crippen molar-refractivity contribution in [2.24, 2.45) is 0 Å². The minimum absolute atomic E-state index is 0.0996. The third-order valence-corrected chi connectivity index (χ3v) is 6.98. The molecule has 0 aliphatic rings. The number of carbonyl (C=O) groups excluding carboxylic acids is 1. The van der Waals surface area contributed by atoms with Crippen molar-refractivity contribution in [3.8, 4) is 5.75 Å². The Hall–Kier alpha value is -2.98. The van der Waals surface area contributed by atoms with E-state index >= 15 is 0 Å². The van der Waals surface area contributed by atoms with E-state index in [-0.39, 0.29) is 15.5 Å². The van der Waals surface area contributed by atoms with Gasteiger partial charge in [-0.15, -0.1) is 11.3 Å². The third-order valence-electron chi connectivity index (χ3n) is 4.11. The second-order valence-electron chi connectivity index (χ2n) is 6.13. The van der Waals surface area contributed by atoms with Gasteiger partial charge < -0.3 is 10.1 Å². The van der Waals surface area contributed by atoms with Crippen LogP contribution in [0.5, 0.6) is 5.75 Å². The SMILES string of the molecule is CCOc1ccc(N(C)S(=O)(=O)c2ccsc2C(=O)Nc2cc(F)cc(F)c2)cc1. The lowest BCUT2D eigenvalue weighted by Crippen LogP contribution is -2.28. The van der Waals surface area contributed by atoms with Crippen molar-refractivity contribution >= 4 is 38.6 Å². The highest BCUT2D eigenvalue weighted by Crippen LogP contribution is 2.29. The number of amides is 1. The van der Waals surface area contributed by atoms with Crippen LogP contribution in [0.15, 0.2) is 58.8 Å². The number of benzene rings is 2. The number of anilines is 2. The average Bonchev–Trinajstić information content (AvgIpc) is 3.18. The van der Waals surface area contributed by atoms with E-state index in [1.807, 2.05) is 6.92 Å². The molecule has 3 rings (SSSR count). The number of ether oxygens (including phenoxy) is 1. The molecule has 0 atom stereocenters. The Balaban J connectivity index is 1.87. The standard InChI is InChI=1S/C20H18F2N2O4S2/c1-3-28-17-6-4-16(5-7-17)24(2)30(26,27)18-8-9-29-19(18)20(25)23-15-11-13(21)10-14(22)12-15/h4-12H,3H2,1-2H3,(H,23,25). The molecule has 158 valence electrons. The molecule has 0 radical (unpaired) electrons. The summed E-state index contributed by atoms with van der Waals surface area (Å²) in [5, 5.41) is 3.79. The Kier molecular flexibility index (Phi) is 6.37. The van der Waals surface area contributed by atoms with E-state index in [2.05, 4.69) is 5.32 Å². The predicted molar refractivity (Wildman–Crippen MR) is 112 cm³/mol. The molecule has 10 heteroatoms. The number of thiophene rings is 1. The molecule has 2 aromatic carbocycles. The zero-order valence-corrected chi connectivity index (χ0v) is 17.7. The molecule has 0 spiro atoms. The number of rotatable bonds is 7. The minimum atomic E-state index is -4.06. The van der Waals surface area contributed by atoms with Gasteiger partial charge in [-0.05, 0) is 54.8 Å². The third kappa shape index (κ3) is 4.60. The monoisotopic (exact) mass is 452 g/mol. The van der Waals surface area contributed by atoms with Gasteiger partial charge >= 0.3 is 0 Å². The molecule has 1 heterocycles. The zero-order chi connectivity index (χ0) is 21.9. The largest absolute Gasteiger partial charge is 0.494 e. The number of nitrogens with one attached hydrogen (secondary N) is 1. The van der Waals surface area contributed by atoms with Gasteiger partial charge in [0.05, 0.1) is 12.3 Å². The van der Waals surface area contributed by atoms with Gasteiger partial charge in [0.15, 0.2) is 0 Å². The van der Waals surface area contributed by atoms with Crippen molar-refractivity contribution in [2.45, 2.75) is 11.8 Å². The highest BCUT2D eigenvalue weighted by atomic mass is 32.2. The van der Waals surface area contributed by atoms with E-state index < -0.39 is 27.6 Å². The molecule has 0 fully saturated rings. The van der Waals surface area contributed by atoms with Crippen molar-refractivity contribution in [1.82, 2.24) is 0 Å². The smallest absolute Gasteiger partial charge is 0.267 e. The molecule has 6 nitrogen and oxygen atoms in total. The average molecular weight is 453 g/mol. The van der Waals surface area contributed by atoms with Crippen LogP contribution in [-0.4, -0.2) is 28.0 Å². The quantitative estimate of drug-likeness (QED) is 0.573. The van der Waals surface area contributed by atoms with Gasteiger partial charge in [0, 0.05) is 18.8 Å². The van der Waals surface area contributed by atoms with Gasteiger partial charge in [0.25, 0.3) is 15.9 Å². The van der Waals surface area contributed by atoms with Crippen LogP contribution in [0.1, 0.15) is 16.6 Å². The van der Waals surface area contributed by atoms with Gasteiger partial charge in [0.1, 0.15) is 27.2 Å². The summed E-state index contributed by atoms with van der Waals surface area (Å²) in [7, 11) is -2.70. The summed E-state index contributed by atoms with van der Waals surface area (Å²) in [6.45, 7) is 2.32. The fourth-order valence-electron chi connectivity index (χ4n) is 2.69. The van der Waals surface area contributed by atoms with Crippen LogP contribution >= 0.6 is 11.3 Å². The summed E-state index contributed by atoms with van der Waals surface area (Å²) in [5.41, 5.74) is 0.261. The first-order valence-corrected chi connectivity index (χ1v) is 11.1. The Morgan fingerprint density at radius 3 is 2.33 bits per heavy atom. The van der Waals surface area contributed by atoms with Gasteiger partial charge in [-0.25, -0.2) is 17.2 Å². The van der Waals surface area contributed by atoms with E-state index in [0.717, 1.165) is 27.8 Å². The second kappa shape index (κ2) is 8.80. The first-order chi connectivity index (χ1) is 14.2. The number of hydrogen-bond acceptors (Lipinski definition) is 5. The van der Waals surface area contributed by atoms with Gasteiger partial charge in [-0.3, -0.25) is 9.10 Å². The first kappa shape index (κ1) is 21.7. The van der Waals surface area contributed by atoms with Crippen molar-refractivity contribution in [2.75, 3.05) is 23.3 Å². The summed E-state index contributed by atoms with van der Waals surface area (Å²) in [6.07, 6.45) is 0. The maximum atomic E-state index is 13.4. The lowest BCUT2D eigenvalue weighted by atomic mass is 10.3. The van der Waals surface area contributed by atoms with Gasteiger partial charge in [-0.1, -0.05) is 0 Å². The zero-order valence-electron chi connectivity index (χ0n) is 16.1. The number of carbonyl (C=O) groups is 1. The van der Waals surface area contributed by atoms with E-state index in [9.17, 15) is 22.0 Å². The maximum absolute atomic E-state index is 13.4. The number of sulfonamides is 1. The second-order valence-corrected chi connectivity index (χ2v) is 8.98. The van der Waals surface area contributed by atoms with Crippen molar-refractivity contribution in [1.29, 1.82) is 0 Å². The van der Waals surface area contributed by atoms with Crippen LogP contribution in [0.2, 0.25) is 0 Å². The fraction of sp³-hybridized carbons (Fsp3) is 0.150. The minimum Gasteiger partial charge on any atom is -0.494 e. The van der Waals surface area contributed by atoms with Crippen molar-refractivity contribution in [3.05, 3.63) is 70.4 Å². The van der Waals surface area contributed by atoms with Gasteiger partial charge in [0.2, 0.25) is 0 Å². The van der Waals surface area contributed by atoms with Crippen LogP contribution in [0.4, 0.5) is 20.2 Å². The highest BCUT2D eigenvalue weighted by Gasteiger charge is 2.28. The highest BCUT2D eigenvalue weighted by molar-refractivity contribution is 7.93. The summed E-state index contributed by atoms with van der Waals surface area (Å²) in [4.78, 5) is 12.3. The van der Waals surface area contributed by atoms with Crippen molar-refractivity contribution in [3.63, 3.8) is 0 Å². The van der Waals surface area contributed by atoms with E-state index in [1.165, 1.54) is 18.5 Å². The van der Waals surface area contributed by atoms with E-state index in [1.54, 1.807) is 24.3 Å². The molecule has 0 bridgehead atoms. The number of halogens is 2. The Labute approximate surface area is 176 Å². The summed E-state index contributed by atoms with van der Waals surface area (Å²) in [6, 6.07) is 10.3. The lowest BCUT2D eigenvalue weighted by molar-refractivity contribution is 0.102. The molecule has 1 aromatic heterocycles. The first-order valence-electron chi connectivity index (χ1n) is 8.79. The number of hydrogen-bond donors (Lipinski definition) is 1. The Bertz CT molecular complexity index is 1140. The molecule has 0 unspecified atom stereocenters. The Morgan fingerprint density at radius 2 is 1.73 bits per heavy atom.